The van der Waals surface area contributed by atoms with E-state index < -0.39 is 0 Å². The smallest absolute Gasteiger partial charge is 0.100 e. The van der Waals surface area contributed by atoms with Crippen molar-refractivity contribution in [3.63, 3.8) is 0 Å². The van der Waals surface area contributed by atoms with E-state index in [-0.39, 0.29) is 12.1 Å². The largest absolute Gasteiger partial charge is 0.288 e. The summed E-state index contributed by atoms with van der Waals surface area (Å²) in [6, 6.07) is 4.63. The van der Waals surface area contributed by atoms with E-state index in [1.807, 2.05) is 0 Å². The highest BCUT2D eigenvalue weighted by molar-refractivity contribution is 5.03. The summed E-state index contributed by atoms with van der Waals surface area (Å²) in [7, 11) is 0. The Morgan fingerprint density at radius 1 is 0.765 bits per heavy atom. The van der Waals surface area contributed by atoms with Crippen molar-refractivity contribution in [1.29, 1.82) is 10.5 Å². The summed E-state index contributed by atoms with van der Waals surface area (Å²) >= 11 is 0. The fraction of sp³-hybridized carbons (Fsp3) is 0.846. The molecule has 2 fully saturated rings. The van der Waals surface area contributed by atoms with Crippen LogP contribution in [0.25, 0.3) is 0 Å². The molecule has 0 radical (unpaired) electrons. The molecule has 2 aliphatic rings. The lowest BCUT2D eigenvalue weighted by atomic mass is 10.1. The third kappa shape index (κ3) is 2.97. The van der Waals surface area contributed by atoms with Crippen LogP contribution in [0.4, 0.5) is 0 Å². The van der Waals surface area contributed by atoms with Crippen LogP contribution in [-0.2, 0) is 0 Å². The van der Waals surface area contributed by atoms with Gasteiger partial charge in [-0.2, -0.15) is 10.5 Å². The second-order valence-corrected chi connectivity index (χ2v) is 5.01. The van der Waals surface area contributed by atoms with Crippen LogP contribution in [0.15, 0.2) is 0 Å². The first-order valence-electron chi connectivity index (χ1n) is 6.62. The molecule has 2 atom stereocenters. The van der Waals surface area contributed by atoms with Crippen LogP contribution >= 0.6 is 0 Å². The Balaban J connectivity index is 1.91. The van der Waals surface area contributed by atoms with Crippen molar-refractivity contribution < 1.29 is 0 Å². The van der Waals surface area contributed by atoms with E-state index in [4.69, 9.17) is 0 Å². The maximum Gasteiger partial charge on any atom is 0.100 e. The van der Waals surface area contributed by atoms with Crippen LogP contribution in [0.3, 0.4) is 0 Å². The first-order chi connectivity index (χ1) is 8.35. The van der Waals surface area contributed by atoms with Gasteiger partial charge in [-0.3, -0.25) is 9.80 Å². The SMILES string of the molecule is N#CC(CC(C#N)N1CCCC1)N1CCCC1. The third-order valence-electron chi connectivity index (χ3n) is 3.91. The molecule has 0 N–H and O–H groups in total. The Labute approximate surface area is 103 Å². The van der Waals surface area contributed by atoms with Crippen LogP contribution in [0.5, 0.6) is 0 Å². The number of nitrogens with zero attached hydrogens (tertiary/aromatic N) is 4. The van der Waals surface area contributed by atoms with Gasteiger partial charge < -0.3 is 0 Å². The minimum absolute atomic E-state index is 0.0669. The zero-order chi connectivity index (χ0) is 12.1. The second kappa shape index (κ2) is 6.00. The normalized spacial score (nSPS) is 25.3. The molecule has 0 aromatic heterocycles. The van der Waals surface area contributed by atoms with Gasteiger partial charge in [0, 0.05) is 6.42 Å². The molecule has 0 spiro atoms. The summed E-state index contributed by atoms with van der Waals surface area (Å²) in [4.78, 5) is 4.47. The van der Waals surface area contributed by atoms with Crippen LogP contribution in [-0.4, -0.2) is 48.1 Å². The summed E-state index contributed by atoms with van der Waals surface area (Å²) in [6.45, 7) is 4.10. The lowest BCUT2D eigenvalue weighted by Gasteiger charge is -2.27. The molecule has 2 heterocycles. The van der Waals surface area contributed by atoms with Crippen LogP contribution < -0.4 is 0 Å². The number of hydrogen-bond donors (Lipinski definition) is 0. The van der Waals surface area contributed by atoms with Crippen molar-refractivity contribution in [1.82, 2.24) is 9.80 Å². The lowest BCUT2D eigenvalue weighted by molar-refractivity contribution is 0.211. The zero-order valence-electron chi connectivity index (χ0n) is 10.3. The van der Waals surface area contributed by atoms with Crippen LogP contribution in [0.2, 0.25) is 0 Å². The van der Waals surface area contributed by atoms with Gasteiger partial charge in [-0.15, -0.1) is 0 Å². The van der Waals surface area contributed by atoms with Crippen LogP contribution in [0, 0.1) is 22.7 Å². The highest BCUT2D eigenvalue weighted by Gasteiger charge is 2.28. The van der Waals surface area contributed by atoms with E-state index in [9.17, 15) is 10.5 Å². The molecule has 0 amide bonds. The Kier molecular flexibility index (Phi) is 4.36. The molecule has 2 unspecified atom stereocenters. The Bertz CT molecular complexity index is 283. The van der Waals surface area contributed by atoms with Crippen molar-refractivity contribution in [2.75, 3.05) is 26.2 Å². The molecule has 2 aliphatic heterocycles. The summed E-state index contributed by atoms with van der Waals surface area (Å²) < 4.78 is 0. The van der Waals surface area contributed by atoms with Gasteiger partial charge in [-0.05, 0) is 51.9 Å². The highest BCUT2D eigenvalue weighted by Crippen LogP contribution is 2.19. The molecule has 0 aromatic rings. The van der Waals surface area contributed by atoms with Crippen molar-refractivity contribution in [2.24, 2.45) is 0 Å². The van der Waals surface area contributed by atoms with Gasteiger partial charge in [0.25, 0.3) is 0 Å². The maximum atomic E-state index is 9.25. The first-order valence-corrected chi connectivity index (χ1v) is 6.62. The van der Waals surface area contributed by atoms with Gasteiger partial charge in [0.2, 0.25) is 0 Å². The number of hydrogen-bond acceptors (Lipinski definition) is 4. The average molecular weight is 232 g/mol. The summed E-state index contributed by atoms with van der Waals surface area (Å²) in [6.07, 6.45) is 5.46. The van der Waals surface area contributed by atoms with Crippen molar-refractivity contribution >= 4 is 0 Å². The van der Waals surface area contributed by atoms with Gasteiger partial charge in [0.05, 0.1) is 12.1 Å². The number of likely N-dealkylation sites (tertiary alicyclic amines) is 2. The fourth-order valence-corrected chi connectivity index (χ4v) is 2.88. The summed E-state index contributed by atoms with van der Waals surface area (Å²) in [5, 5.41) is 18.5. The number of rotatable bonds is 4. The Morgan fingerprint density at radius 2 is 1.12 bits per heavy atom. The molecule has 4 nitrogen and oxygen atoms in total. The predicted octanol–water partition coefficient (Wildman–Crippen LogP) is 1.35. The lowest BCUT2D eigenvalue weighted by Crippen LogP contribution is -2.40. The molecule has 0 aromatic carbocycles. The van der Waals surface area contributed by atoms with Gasteiger partial charge in [0.1, 0.15) is 12.1 Å². The molecular formula is C13H20N4. The monoisotopic (exact) mass is 232 g/mol. The van der Waals surface area contributed by atoms with E-state index in [1.54, 1.807) is 0 Å². The predicted molar refractivity (Wildman–Crippen MR) is 65.0 cm³/mol. The van der Waals surface area contributed by atoms with Crippen molar-refractivity contribution in [3.8, 4) is 12.1 Å². The van der Waals surface area contributed by atoms with Crippen LogP contribution in [0.1, 0.15) is 32.1 Å². The second-order valence-electron chi connectivity index (χ2n) is 5.01. The zero-order valence-corrected chi connectivity index (χ0v) is 10.3. The molecule has 0 bridgehead atoms. The minimum Gasteiger partial charge on any atom is -0.288 e. The van der Waals surface area contributed by atoms with E-state index in [0.29, 0.717) is 6.42 Å². The fourth-order valence-electron chi connectivity index (χ4n) is 2.88. The highest BCUT2D eigenvalue weighted by atomic mass is 15.2. The molecular weight excluding hydrogens is 212 g/mol. The molecule has 17 heavy (non-hydrogen) atoms. The van der Waals surface area contributed by atoms with E-state index in [2.05, 4.69) is 21.9 Å². The third-order valence-corrected chi connectivity index (χ3v) is 3.91. The summed E-state index contributed by atoms with van der Waals surface area (Å²) in [5.41, 5.74) is 0. The minimum atomic E-state index is -0.0669. The quantitative estimate of drug-likeness (QED) is 0.734. The van der Waals surface area contributed by atoms with Gasteiger partial charge in [-0.25, -0.2) is 0 Å². The molecule has 2 saturated heterocycles. The average Bonchev–Trinajstić information content (AvgIpc) is 3.03. The topological polar surface area (TPSA) is 54.1 Å². The molecule has 2 rings (SSSR count). The molecule has 0 aliphatic carbocycles. The first kappa shape index (κ1) is 12.4. The van der Waals surface area contributed by atoms with Crippen molar-refractivity contribution in [2.45, 2.75) is 44.2 Å². The van der Waals surface area contributed by atoms with E-state index in [0.717, 1.165) is 26.2 Å². The van der Waals surface area contributed by atoms with Gasteiger partial charge in [0.15, 0.2) is 0 Å². The Hall–Kier alpha value is -1.10. The van der Waals surface area contributed by atoms with Gasteiger partial charge in [-0.1, -0.05) is 0 Å². The molecule has 0 saturated carbocycles. The number of nitriles is 2. The van der Waals surface area contributed by atoms with E-state index in [1.165, 1.54) is 25.7 Å². The summed E-state index contributed by atoms with van der Waals surface area (Å²) in [5.74, 6) is 0. The molecule has 92 valence electrons. The van der Waals surface area contributed by atoms with Crippen molar-refractivity contribution in [3.05, 3.63) is 0 Å². The molecule has 4 heteroatoms. The van der Waals surface area contributed by atoms with Gasteiger partial charge >= 0.3 is 0 Å². The standard InChI is InChI=1S/C13H20N4/c14-10-12(16-5-1-2-6-16)9-13(11-15)17-7-3-4-8-17/h12-13H,1-9H2. The Morgan fingerprint density at radius 3 is 1.41 bits per heavy atom. The maximum absolute atomic E-state index is 9.25. The van der Waals surface area contributed by atoms with E-state index >= 15 is 0 Å².